The molecular weight excluding hydrogens is 294 g/mol. The number of alkyl halides is 3. The fourth-order valence-electron chi connectivity index (χ4n) is 2.92. The van der Waals surface area contributed by atoms with Gasteiger partial charge in [-0.15, -0.1) is 0 Å². The molecule has 0 bridgehead atoms. The minimum absolute atomic E-state index is 0.0347. The first kappa shape index (κ1) is 16.5. The van der Waals surface area contributed by atoms with Gasteiger partial charge in [-0.25, -0.2) is 4.39 Å². The molecule has 0 spiro atoms. The zero-order valence-corrected chi connectivity index (χ0v) is 12.0. The van der Waals surface area contributed by atoms with E-state index in [1.165, 1.54) is 18.2 Å². The second-order valence-corrected chi connectivity index (χ2v) is 5.71. The van der Waals surface area contributed by atoms with Gasteiger partial charge in [-0.2, -0.15) is 18.4 Å². The predicted molar refractivity (Wildman–Crippen MR) is 75.6 cm³/mol. The van der Waals surface area contributed by atoms with Gasteiger partial charge in [0.2, 0.25) is 0 Å². The van der Waals surface area contributed by atoms with Crippen LogP contribution < -0.4 is 0 Å². The van der Waals surface area contributed by atoms with Gasteiger partial charge in [0.15, 0.2) is 0 Å². The summed E-state index contributed by atoms with van der Waals surface area (Å²) < 4.78 is 49.9. The Morgan fingerprint density at radius 3 is 2.41 bits per heavy atom. The average molecular weight is 311 g/mol. The van der Waals surface area contributed by atoms with Crippen LogP contribution in [0, 0.1) is 23.1 Å². The van der Waals surface area contributed by atoms with Gasteiger partial charge in [-0.3, -0.25) is 0 Å². The molecule has 5 heteroatoms. The largest absolute Gasteiger partial charge is 0.392 e. The summed E-state index contributed by atoms with van der Waals surface area (Å²) >= 11 is 0. The van der Waals surface area contributed by atoms with Crippen molar-refractivity contribution in [2.45, 2.75) is 44.2 Å². The number of allylic oxidation sites excluding steroid dienone is 2. The van der Waals surface area contributed by atoms with Crippen LogP contribution in [0.25, 0.3) is 0 Å². The quantitative estimate of drug-likeness (QED) is 0.535. The molecule has 0 aliphatic heterocycles. The molecule has 22 heavy (non-hydrogen) atoms. The lowest BCUT2D eigenvalue weighted by atomic mass is 9.78. The van der Waals surface area contributed by atoms with E-state index in [-0.39, 0.29) is 17.4 Å². The lowest BCUT2D eigenvalue weighted by molar-refractivity contribution is -0.125. The Morgan fingerprint density at radius 1 is 1.18 bits per heavy atom. The van der Waals surface area contributed by atoms with Crippen LogP contribution in [0.15, 0.2) is 30.4 Å². The lowest BCUT2D eigenvalue weighted by Crippen LogP contribution is -2.12. The maximum absolute atomic E-state index is 13.6. The van der Waals surface area contributed by atoms with Crippen LogP contribution in [-0.2, 0) is 0 Å². The van der Waals surface area contributed by atoms with Crippen LogP contribution in [0.2, 0.25) is 0 Å². The zero-order chi connectivity index (χ0) is 16.2. The highest BCUT2D eigenvalue weighted by molar-refractivity contribution is 5.35. The molecule has 0 N–H and O–H groups in total. The number of halogens is 4. The van der Waals surface area contributed by atoms with Crippen LogP contribution in [0.3, 0.4) is 0 Å². The maximum atomic E-state index is 13.6. The zero-order valence-electron chi connectivity index (χ0n) is 12.0. The molecule has 0 amide bonds. The van der Waals surface area contributed by atoms with Crippen molar-refractivity contribution in [1.82, 2.24) is 0 Å². The Balaban J connectivity index is 1.90. The molecule has 0 atom stereocenters. The monoisotopic (exact) mass is 311 g/mol. The summed E-state index contributed by atoms with van der Waals surface area (Å²) in [5, 5.41) is 8.72. The Hall–Kier alpha value is -1.83. The van der Waals surface area contributed by atoms with E-state index in [0.717, 1.165) is 31.2 Å². The smallest absolute Gasteiger partial charge is 0.206 e. The van der Waals surface area contributed by atoms with Gasteiger partial charge in [0.25, 0.3) is 0 Å². The van der Waals surface area contributed by atoms with E-state index in [2.05, 4.69) is 0 Å². The van der Waals surface area contributed by atoms with Crippen molar-refractivity contribution in [1.29, 1.82) is 5.26 Å². The second-order valence-electron chi connectivity index (χ2n) is 5.71. The Labute approximate surface area is 127 Å². The summed E-state index contributed by atoms with van der Waals surface area (Å²) in [5.41, 5.74) is 0.904. The van der Waals surface area contributed by atoms with Crippen LogP contribution in [0.5, 0.6) is 0 Å². The number of hydrogen-bond donors (Lipinski definition) is 0. The van der Waals surface area contributed by atoms with Crippen molar-refractivity contribution < 1.29 is 17.6 Å². The topological polar surface area (TPSA) is 23.8 Å². The molecule has 1 nitrogen and oxygen atoms in total. The van der Waals surface area contributed by atoms with Crippen LogP contribution in [0.1, 0.15) is 49.1 Å². The molecule has 0 aromatic heterocycles. The molecule has 1 aromatic carbocycles. The Bertz CT molecular complexity index is 575. The van der Waals surface area contributed by atoms with E-state index >= 15 is 0 Å². The number of hydrogen-bond acceptors (Lipinski definition) is 1. The summed E-state index contributed by atoms with van der Waals surface area (Å²) in [6.07, 6.45) is 1.09. The first-order chi connectivity index (χ1) is 10.4. The first-order valence-electron chi connectivity index (χ1n) is 7.32. The third-order valence-electron chi connectivity index (χ3n) is 4.11. The third kappa shape index (κ3) is 4.59. The molecule has 1 saturated carbocycles. The molecule has 118 valence electrons. The molecular formula is C17H17F4N. The summed E-state index contributed by atoms with van der Waals surface area (Å²) in [5.74, 6) is -0.122. The van der Waals surface area contributed by atoms with Crippen molar-refractivity contribution in [3.8, 4) is 6.07 Å². The van der Waals surface area contributed by atoms with Crippen molar-refractivity contribution in [3.63, 3.8) is 0 Å². The second kappa shape index (κ2) is 6.95. The Morgan fingerprint density at radius 2 is 1.86 bits per heavy atom. The minimum Gasteiger partial charge on any atom is -0.206 e. The standard InChI is InChI=1S/C17H17F4N/c18-16-10-14(7-8-15(16)11-22)13-5-3-12(4-6-13)2-1-9-17(19,20)21/h1-2,7-8,10,12-13H,3-6,9H2/t12-,13-. The van der Waals surface area contributed by atoms with E-state index in [1.807, 2.05) is 0 Å². The molecule has 1 fully saturated rings. The molecule has 1 aliphatic rings. The summed E-state index contributed by atoms with van der Waals surface area (Å²) in [6.45, 7) is 0. The third-order valence-corrected chi connectivity index (χ3v) is 4.11. The van der Waals surface area contributed by atoms with Gasteiger partial charge in [0.05, 0.1) is 12.0 Å². The highest BCUT2D eigenvalue weighted by atomic mass is 19.4. The fraction of sp³-hybridized carbons (Fsp3) is 0.471. The maximum Gasteiger partial charge on any atom is 0.392 e. The lowest BCUT2D eigenvalue weighted by Gasteiger charge is -2.27. The van der Waals surface area contributed by atoms with Gasteiger partial charge in [-0.1, -0.05) is 18.2 Å². The number of rotatable bonds is 3. The van der Waals surface area contributed by atoms with Gasteiger partial charge in [0, 0.05) is 0 Å². The van der Waals surface area contributed by atoms with Gasteiger partial charge in [-0.05, 0) is 55.2 Å². The summed E-state index contributed by atoms with van der Waals surface area (Å²) in [4.78, 5) is 0. The van der Waals surface area contributed by atoms with E-state index in [1.54, 1.807) is 18.2 Å². The van der Waals surface area contributed by atoms with E-state index < -0.39 is 18.4 Å². The van der Waals surface area contributed by atoms with Gasteiger partial charge >= 0.3 is 6.18 Å². The number of benzene rings is 1. The van der Waals surface area contributed by atoms with Crippen LogP contribution in [-0.4, -0.2) is 6.18 Å². The van der Waals surface area contributed by atoms with Gasteiger partial charge in [0.1, 0.15) is 11.9 Å². The first-order valence-corrected chi connectivity index (χ1v) is 7.32. The number of nitriles is 1. The van der Waals surface area contributed by atoms with Crippen LogP contribution in [0.4, 0.5) is 17.6 Å². The molecule has 0 saturated heterocycles. The van der Waals surface area contributed by atoms with Crippen molar-refractivity contribution in [2.75, 3.05) is 0 Å². The molecule has 0 heterocycles. The fourth-order valence-corrected chi connectivity index (χ4v) is 2.92. The van der Waals surface area contributed by atoms with Crippen molar-refractivity contribution in [3.05, 3.63) is 47.3 Å². The Kier molecular flexibility index (Phi) is 5.23. The van der Waals surface area contributed by atoms with E-state index in [9.17, 15) is 17.6 Å². The van der Waals surface area contributed by atoms with Crippen molar-refractivity contribution in [2.24, 2.45) is 5.92 Å². The predicted octanol–water partition coefficient (Wildman–Crippen LogP) is 5.48. The SMILES string of the molecule is N#Cc1ccc([C@H]2CC[C@H](C=CCC(F)(F)F)CC2)cc1F. The molecule has 0 unspecified atom stereocenters. The molecule has 0 radical (unpaired) electrons. The highest BCUT2D eigenvalue weighted by Gasteiger charge is 2.25. The van der Waals surface area contributed by atoms with E-state index in [0.29, 0.717) is 0 Å². The molecule has 2 rings (SSSR count). The minimum atomic E-state index is -4.15. The summed E-state index contributed by atoms with van der Waals surface area (Å²) in [7, 11) is 0. The molecule has 1 aliphatic carbocycles. The van der Waals surface area contributed by atoms with E-state index in [4.69, 9.17) is 5.26 Å². The summed E-state index contributed by atoms with van der Waals surface area (Å²) in [6, 6.07) is 6.45. The average Bonchev–Trinajstić information content (AvgIpc) is 2.46. The normalized spacial score (nSPS) is 22.7. The van der Waals surface area contributed by atoms with Gasteiger partial charge < -0.3 is 0 Å². The van der Waals surface area contributed by atoms with Crippen LogP contribution >= 0.6 is 0 Å². The molecule has 1 aromatic rings. The van der Waals surface area contributed by atoms with Crippen molar-refractivity contribution >= 4 is 0 Å². The highest BCUT2D eigenvalue weighted by Crippen LogP contribution is 2.37. The number of nitrogens with zero attached hydrogens (tertiary/aromatic N) is 1.